The van der Waals surface area contributed by atoms with Crippen LogP contribution in [0.25, 0.3) is 11.3 Å². The highest BCUT2D eigenvalue weighted by atomic mass is 19.4. The van der Waals surface area contributed by atoms with Crippen LogP contribution in [0.2, 0.25) is 0 Å². The number of aryl methyl sites for hydroxylation is 1. The van der Waals surface area contributed by atoms with Crippen LogP contribution in [0.1, 0.15) is 48.6 Å². The molecule has 5 nitrogen and oxygen atoms in total. The molecule has 1 aromatic heterocycles. The monoisotopic (exact) mass is 421 g/mol. The first-order chi connectivity index (χ1) is 14.3. The molecule has 0 saturated carbocycles. The van der Waals surface area contributed by atoms with Gasteiger partial charge in [-0.25, -0.2) is 0 Å². The fraction of sp³-hybridized carbons (Fsp3) is 0.545. The van der Waals surface area contributed by atoms with Crippen LogP contribution < -0.4 is 4.74 Å². The van der Waals surface area contributed by atoms with E-state index < -0.39 is 17.8 Å². The summed E-state index contributed by atoms with van der Waals surface area (Å²) in [6.45, 7) is 3.76. The van der Waals surface area contributed by atoms with E-state index >= 15 is 0 Å². The first-order valence-electron chi connectivity index (χ1n) is 10.3. The summed E-state index contributed by atoms with van der Waals surface area (Å²) < 4.78 is 44.2. The molecule has 0 aliphatic carbocycles. The fourth-order valence-corrected chi connectivity index (χ4v) is 4.74. The first kappa shape index (κ1) is 21.1. The smallest absolute Gasteiger partial charge is 0.416 e. The molecule has 0 spiro atoms. The van der Waals surface area contributed by atoms with Gasteiger partial charge in [-0.2, -0.15) is 18.3 Å². The molecule has 2 aromatic rings. The Morgan fingerprint density at radius 3 is 2.67 bits per heavy atom. The predicted octanol–water partition coefficient (Wildman–Crippen LogP) is 4.39. The molecule has 1 unspecified atom stereocenters. The second-order valence-corrected chi connectivity index (χ2v) is 8.29. The van der Waals surface area contributed by atoms with Crippen LogP contribution in [-0.2, 0) is 6.18 Å². The van der Waals surface area contributed by atoms with Crippen LogP contribution in [0.5, 0.6) is 5.75 Å². The highest BCUT2D eigenvalue weighted by Crippen LogP contribution is 2.39. The number of piperidine rings is 1. The molecule has 8 heteroatoms. The topological polar surface area (TPSA) is 58.5 Å². The lowest BCUT2D eigenvalue weighted by atomic mass is 9.87. The van der Waals surface area contributed by atoms with Crippen molar-refractivity contribution < 1.29 is 23.0 Å². The molecule has 1 aromatic carbocycles. The van der Waals surface area contributed by atoms with Crippen LogP contribution in [0, 0.1) is 12.8 Å². The summed E-state index contributed by atoms with van der Waals surface area (Å²) in [6, 6.07) is 5.75. The standard InChI is InChI=1S/C22H26F3N3O2/c1-13-10-18(21(29)14-5-7-16-4-3-9-28(16)12-14)26-27-20(13)17-8-6-15(22(23,24)25)11-19(17)30-2/h6,8,10-11,14,16,21,29H,3-5,7,9,12H2,1-2H3/t14?,16-,21+/m1/s1. The summed E-state index contributed by atoms with van der Waals surface area (Å²) in [5.74, 6) is 0.197. The molecule has 0 amide bonds. The van der Waals surface area contributed by atoms with Gasteiger partial charge in [-0.1, -0.05) is 0 Å². The number of rotatable bonds is 4. The van der Waals surface area contributed by atoms with Gasteiger partial charge >= 0.3 is 6.18 Å². The second kappa shape index (κ2) is 8.15. The zero-order chi connectivity index (χ0) is 21.5. The highest BCUT2D eigenvalue weighted by molar-refractivity contribution is 5.70. The number of aliphatic hydroxyl groups is 1. The van der Waals surface area contributed by atoms with Gasteiger partial charge < -0.3 is 14.7 Å². The molecule has 4 rings (SSSR count). The van der Waals surface area contributed by atoms with Crippen molar-refractivity contribution in [2.45, 2.75) is 50.9 Å². The van der Waals surface area contributed by atoms with E-state index in [1.165, 1.54) is 26.0 Å². The number of benzene rings is 1. The first-order valence-corrected chi connectivity index (χ1v) is 10.3. The lowest BCUT2D eigenvalue weighted by Crippen LogP contribution is -2.41. The van der Waals surface area contributed by atoms with Gasteiger partial charge in [0, 0.05) is 24.1 Å². The Labute approximate surface area is 173 Å². The number of alkyl halides is 3. The van der Waals surface area contributed by atoms with Crippen molar-refractivity contribution in [1.82, 2.24) is 15.1 Å². The van der Waals surface area contributed by atoms with Crippen LogP contribution >= 0.6 is 0 Å². The number of halogens is 3. The second-order valence-electron chi connectivity index (χ2n) is 8.29. The van der Waals surface area contributed by atoms with E-state index in [9.17, 15) is 18.3 Å². The minimum absolute atomic E-state index is 0.0860. The van der Waals surface area contributed by atoms with Crippen LogP contribution in [0.3, 0.4) is 0 Å². The minimum Gasteiger partial charge on any atom is -0.496 e. The van der Waals surface area contributed by atoms with Crippen molar-refractivity contribution in [3.05, 3.63) is 41.1 Å². The van der Waals surface area contributed by atoms with Gasteiger partial charge in [-0.15, -0.1) is 5.10 Å². The number of methoxy groups -OCH3 is 1. The molecular weight excluding hydrogens is 395 g/mol. The molecule has 2 saturated heterocycles. The summed E-state index contributed by atoms with van der Waals surface area (Å²) in [5, 5.41) is 19.4. The lowest BCUT2D eigenvalue weighted by Gasteiger charge is -2.37. The maximum atomic E-state index is 13.0. The van der Waals surface area contributed by atoms with Gasteiger partial charge in [0.15, 0.2) is 0 Å². The Balaban J connectivity index is 1.57. The molecule has 2 aliphatic rings. The molecule has 2 aliphatic heterocycles. The quantitative estimate of drug-likeness (QED) is 0.794. The highest BCUT2D eigenvalue weighted by Gasteiger charge is 2.36. The molecule has 2 fully saturated rings. The van der Waals surface area contributed by atoms with Crippen LogP contribution in [0.15, 0.2) is 24.3 Å². The van der Waals surface area contributed by atoms with Crippen molar-refractivity contribution in [2.24, 2.45) is 5.92 Å². The van der Waals surface area contributed by atoms with Crippen molar-refractivity contribution in [1.29, 1.82) is 0 Å². The van der Waals surface area contributed by atoms with Crippen molar-refractivity contribution >= 4 is 0 Å². The van der Waals surface area contributed by atoms with Gasteiger partial charge in [0.2, 0.25) is 0 Å². The summed E-state index contributed by atoms with van der Waals surface area (Å²) in [5.41, 5.74) is 1.34. The third kappa shape index (κ3) is 4.03. The average molecular weight is 421 g/mol. The zero-order valence-corrected chi connectivity index (χ0v) is 17.1. The molecule has 1 N–H and O–H groups in total. The van der Waals surface area contributed by atoms with Crippen molar-refractivity contribution in [3.63, 3.8) is 0 Å². The van der Waals surface area contributed by atoms with Crippen LogP contribution in [-0.4, -0.2) is 46.4 Å². The summed E-state index contributed by atoms with van der Waals surface area (Å²) in [7, 11) is 1.33. The molecular formula is C22H26F3N3O2. The summed E-state index contributed by atoms with van der Waals surface area (Å²) in [6.07, 6.45) is -0.649. The Hall–Kier alpha value is -2.19. The number of aromatic nitrogens is 2. The number of aliphatic hydroxyl groups excluding tert-OH is 1. The normalized spacial score (nSPS) is 23.3. The Morgan fingerprint density at radius 2 is 1.97 bits per heavy atom. The third-order valence-electron chi connectivity index (χ3n) is 6.38. The van der Waals surface area contributed by atoms with E-state index in [1.807, 2.05) is 6.92 Å². The molecule has 162 valence electrons. The SMILES string of the molecule is COc1cc(C(F)(F)F)ccc1-c1nnc([C@@H](O)C2CC[C@H]3CCCN3C2)cc1C. The van der Waals surface area contributed by atoms with Gasteiger partial charge in [0.25, 0.3) is 0 Å². The minimum atomic E-state index is -4.45. The largest absolute Gasteiger partial charge is 0.496 e. The lowest BCUT2D eigenvalue weighted by molar-refractivity contribution is -0.137. The molecule has 0 radical (unpaired) electrons. The Bertz CT molecular complexity index is 919. The predicted molar refractivity (Wildman–Crippen MR) is 106 cm³/mol. The molecule has 30 heavy (non-hydrogen) atoms. The Kier molecular flexibility index (Phi) is 5.72. The third-order valence-corrected chi connectivity index (χ3v) is 6.38. The van der Waals surface area contributed by atoms with Crippen molar-refractivity contribution in [3.8, 4) is 17.0 Å². The Morgan fingerprint density at radius 1 is 1.17 bits per heavy atom. The van der Waals surface area contributed by atoms with E-state index in [2.05, 4.69) is 15.1 Å². The van der Waals surface area contributed by atoms with E-state index in [-0.39, 0.29) is 11.7 Å². The number of hydrogen-bond donors (Lipinski definition) is 1. The maximum absolute atomic E-state index is 13.0. The zero-order valence-electron chi connectivity index (χ0n) is 17.1. The number of ether oxygens (including phenoxy) is 1. The average Bonchev–Trinajstić information content (AvgIpc) is 3.20. The maximum Gasteiger partial charge on any atom is 0.416 e. The fourth-order valence-electron chi connectivity index (χ4n) is 4.74. The number of hydrogen-bond acceptors (Lipinski definition) is 5. The van der Waals surface area contributed by atoms with E-state index in [1.54, 1.807) is 6.07 Å². The van der Waals surface area contributed by atoms with Crippen LogP contribution in [0.4, 0.5) is 13.2 Å². The van der Waals surface area contributed by atoms with Gasteiger partial charge in [0.05, 0.1) is 24.1 Å². The number of fused-ring (bicyclic) bond motifs is 1. The van der Waals surface area contributed by atoms with Gasteiger partial charge in [-0.05, 0) is 69.0 Å². The van der Waals surface area contributed by atoms with E-state index in [0.717, 1.165) is 43.6 Å². The van der Waals surface area contributed by atoms with Gasteiger partial charge in [0.1, 0.15) is 11.9 Å². The number of nitrogens with zero attached hydrogens (tertiary/aromatic N) is 3. The van der Waals surface area contributed by atoms with E-state index in [4.69, 9.17) is 4.74 Å². The summed E-state index contributed by atoms with van der Waals surface area (Å²) >= 11 is 0. The molecule has 0 bridgehead atoms. The molecule has 3 atom stereocenters. The van der Waals surface area contributed by atoms with Crippen molar-refractivity contribution in [2.75, 3.05) is 20.2 Å². The van der Waals surface area contributed by atoms with Gasteiger partial charge in [-0.3, -0.25) is 0 Å². The molecule has 3 heterocycles. The summed E-state index contributed by atoms with van der Waals surface area (Å²) in [4.78, 5) is 2.46. The van der Waals surface area contributed by atoms with E-state index in [0.29, 0.717) is 23.0 Å².